The van der Waals surface area contributed by atoms with Gasteiger partial charge in [-0.05, 0) is 12.5 Å². The van der Waals surface area contributed by atoms with Crippen LogP contribution in [0.15, 0.2) is 17.0 Å². The van der Waals surface area contributed by atoms with Gasteiger partial charge in [-0.2, -0.15) is 10.1 Å². The average Bonchev–Trinajstić information content (AvgIpc) is 2.94. The fourth-order valence-electron chi connectivity index (χ4n) is 1.63. The first-order chi connectivity index (χ1) is 8.29. The molecule has 0 aliphatic carbocycles. The lowest BCUT2D eigenvalue weighted by molar-refractivity contribution is 0.409. The van der Waals surface area contributed by atoms with Gasteiger partial charge in [0.25, 0.3) is 0 Å². The SMILES string of the molecule is CCc1cc(CNCCc2ncon2)n(C)n1. The quantitative estimate of drug-likeness (QED) is 0.746. The van der Waals surface area contributed by atoms with E-state index in [9.17, 15) is 0 Å². The number of hydrogen-bond donors (Lipinski definition) is 1. The molecule has 0 amide bonds. The Labute approximate surface area is 100 Å². The van der Waals surface area contributed by atoms with Crippen molar-refractivity contribution in [3.05, 3.63) is 29.7 Å². The summed E-state index contributed by atoms with van der Waals surface area (Å²) in [5.41, 5.74) is 2.32. The normalized spacial score (nSPS) is 10.9. The Morgan fingerprint density at radius 3 is 3.00 bits per heavy atom. The van der Waals surface area contributed by atoms with Crippen LogP contribution in [0.1, 0.15) is 24.1 Å². The first-order valence-electron chi connectivity index (χ1n) is 5.77. The molecular formula is C11H17N5O. The van der Waals surface area contributed by atoms with Gasteiger partial charge in [0.2, 0.25) is 6.39 Å². The molecule has 0 aromatic carbocycles. The van der Waals surface area contributed by atoms with E-state index < -0.39 is 0 Å². The molecule has 0 saturated carbocycles. The van der Waals surface area contributed by atoms with Gasteiger partial charge in [-0.25, -0.2) is 0 Å². The number of aromatic nitrogens is 4. The molecule has 2 aromatic rings. The molecule has 0 spiro atoms. The summed E-state index contributed by atoms with van der Waals surface area (Å²) in [5, 5.41) is 11.5. The van der Waals surface area contributed by atoms with E-state index in [4.69, 9.17) is 0 Å². The minimum atomic E-state index is 0.733. The van der Waals surface area contributed by atoms with Crippen LogP contribution in [0.3, 0.4) is 0 Å². The molecule has 0 radical (unpaired) electrons. The molecule has 1 N–H and O–H groups in total. The third-order valence-corrected chi connectivity index (χ3v) is 2.63. The topological polar surface area (TPSA) is 68.8 Å². The van der Waals surface area contributed by atoms with Crippen molar-refractivity contribution in [1.82, 2.24) is 25.2 Å². The summed E-state index contributed by atoms with van der Waals surface area (Å²) < 4.78 is 6.58. The van der Waals surface area contributed by atoms with Gasteiger partial charge in [0, 0.05) is 26.6 Å². The number of rotatable bonds is 6. The second-order valence-electron chi connectivity index (χ2n) is 3.88. The van der Waals surface area contributed by atoms with Crippen molar-refractivity contribution in [1.29, 1.82) is 0 Å². The van der Waals surface area contributed by atoms with Crippen molar-refractivity contribution in [2.75, 3.05) is 6.54 Å². The Morgan fingerprint density at radius 1 is 1.47 bits per heavy atom. The van der Waals surface area contributed by atoms with Crippen LogP contribution in [0.5, 0.6) is 0 Å². The Kier molecular flexibility index (Phi) is 3.87. The number of nitrogens with one attached hydrogen (secondary N) is 1. The molecule has 0 saturated heterocycles. The molecule has 0 unspecified atom stereocenters. The molecule has 17 heavy (non-hydrogen) atoms. The molecule has 2 heterocycles. The van der Waals surface area contributed by atoms with Gasteiger partial charge in [-0.1, -0.05) is 12.1 Å². The van der Waals surface area contributed by atoms with E-state index in [1.165, 1.54) is 12.1 Å². The molecule has 6 heteroatoms. The smallest absolute Gasteiger partial charge is 0.213 e. The second-order valence-corrected chi connectivity index (χ2v) is 3.88. The molecule has 2 rings (SSSR count). The van der Waals surface area contributed by atoms with E-state index in [0.717, 1.165) is 37.4 Å². The van der Waals surface area contributed by atoms with Crippen molar-refractivity contribution in [2.45, 2.75) is 26.3 Å². The van der Waals surface area contributed by atoms with Crippen molar-refractivity contribution in [3.63, 3.8) is 0 Å². The predicted octanol–water partition coefficient (Wildman–Crippen LogP) is 0.698. The number of nitrogens with zero attached hydrogens (tertiary/aromatic N) is 4. The lowest BCUT2D eigenvalue weighted by atomic mass is 10.3. The summed E-state index contributed by atoms with van der Waals surface area (Å²) in [4.78, 5) is 3.96. The van der Waals surface area contributed by atoms with Gasteiger partial charge < -0.3 is 9.84 Å². The van der Waals surface area contributed by atoms with Crippen LogP contribution in [0.25, 0.3) is 0 Å². The Hall–Kier alpha value is -1.69. The number of aryl methyl sites for hydroxylation is 2. The lowest BCUT2D eigenvalue weighted by Crippen LogP contribution is -2.18. The van der Waals surface area contributed by atoms with E-state index in [2.05, 4.69) is 38.1 Å². The van der Waals surface area contributed by atoms with Crippen LogP contribution in [0.2, 0.25) is 0 Å². The molecule has 2 aromatic heterocycles. The third kappa shape index (κ3) is 3.13. The van der Waals surface area contributed by atoms with Gasteiger partial charge in [0.05, 0.1) is 11.4 Å². The zero-order valence-corrected chi connectivity index (χ0v) is 10.2. The minimum absolute atomic E-state index is 0.733. The molecule has 92 valence electrons. The van der Waals surface area contributed by atoms with Crippen LogP contribution in [-0.4, -0.2) is 26.5 Å². The predicted molar refractivity (Wildman–Crippen MR) is 62.3 cm³/mol. The highest BCUT2D eigenvalue weighted by atomic mass is 16.5. The standard InChI is InChI=1S/C11H17N5O/c1-3-9-6-10(16(2)14-9)7-12-5-4-11-13-8-17-15-11/h6,8,12H,3-5,7H2,1-2H3. The zero-order valence-electron chi connectivity index (χ0n) is 10.2. The Bertz CT molecular complexity index is 448. The monoisotopic (exact) mass is 235 g/mol. The van der Waals surface area contributed by atoms with E-state index in [1.54, 1.807) is 0 Å². The van der Waals surface area contributed by atoms with Crippen LogP contribution < -0.4 is 5.32 Å². The summed E-state index contributed by atoms with van der Waals surface area (Å²) in [6, 6.07) is 2.13. The van der Waals surface area contributed by atoms with Gasteiger partial charge >= 0.3 is 0 Å². The molecule has 0 bridgehead atoms. The number of hydrogen-bond acceptors (Lipinski definition) is 5. The van der Waals surface area contributed by atoms with Gasteiger partial charge in [0.1, 0.15) is 0 Å². The molecule has 6 nitrogen and oxygen atoms in total. The van der Waals surface area contributed by atoms with Gasteiger partial charge in [-0.15, -0.1) is 0 Å². The van der Waals surface area contributed by atoms with E-state index in [1.807, 2.05) is 11.7 Å². The lowest BCUT2D eigenvalue weighted by Gasteiger charge is -2.02. The maximum absolute atomic E-state index is 4.66. The third-order valence-electron chi connectivity index (χ3n) is 2.63. The highest BCUT2D eigenvalue weighted by Gasteiger charge is 2.03. The molecule has 0 fully saturated rings. The van der Waals surface area contributed by atoms with E-state index in [-0.39, 0.29) is 0 Å². The molecular weight excluding hydrogens is 218 g/mol. The Morgan fingerprint density at radius 2 is 2.35 bits per heavy atom. The fraction of sp³-hybridized carbons (Fsp3) is 0.545. The summed E-state index contributed by atoms with van der Waals surface area (Å²) in [7, 11) is 1.97. The summed E-state index contributed by atoms with van der Waals surface area (Å²) >= 11 is 0. The van der Waals surface area contributed by atoms with Crippen molar-refractivity contribution in [3.8, 4) is 0 Å². The van der Waals surface area contributed by atoms with Crippen molar-refractivity contribution < 1.29 is 4.52 Å². The van der Waals surface area contributed by atoms with E-state index in [0.29, 0.717) is 0 Å². The van der Waals surface area contributed by atoms with Crippen molar-refractivity contribution in [2.24, 2.45) is 7.05 Å². The first kappa shape index (κ1) is 11.8. The van der Waals surface area contributed by atoms with Crippen LogP contribution >= 0.6 is 0 Å². The van der Waals surface area contributed by atoms with Crippen LogP contribution in [-0.2, 0) is 26.4 Å². The van der Waals surface area contributed by atoms with E-state index >= 15 is 0 Å². The van der Waals surface area contributed by atoms with Crippen LogP contribution in [0, 0.1) is 0 Å². The average molecular weight is 235 g/mol. The van der Waals surface area contributed by atoms with Crippen molar-refractivity contribution >= 4 is 0 Å². The van der Waals surface area contributed by atoms with Gasteiger partial charge in [0.15, 0.2) is 5.82 Å². The van der Waals surface area contributed by atoms with Gasteiger partial charge in [-0.3, -0.25) is 4.68 Å². The molecule has 0 atom stereocenters. The molecule has 0 aliphatic rings. The zero-order chi connectivity index (χ0) is 12.1. The molecule has 0 aliphatic heterocycles. The highest BCUT2D eigenvalue weighted by molar-refractivity contribution is 5.09. The summed E-state index contributed by atoms with van der Waals surface area (Å²) in [5.74, 6) is 0.733. The first-order valence-corrected chi connectivity index (χ1v) is 5.77. The second kappa shape index (κ2) is 5.58. The largest absolute Gasteiger partial charge is 0.343 e. The summed E-state index contributed by atoms with van der Waals surface area (Å²) in [6.45, 7) is 3.74. The highest BCUT2D eigenvalue weighted by Crippen LogP contribution is 2.03. The minimum Gasteiger partial charge on any atom is -0.343 e. The fourth-order valence-corrected chi connectivity index (χ4v) is 1.63. The summed E-state index contributed by atoms with van der Waals surface area (Å²) in [6.07, 6.45) is 3.09. The Balaban J connectivity index is 1.76. The maximum atomic E-state index is 4.66. The van der Waals surface area contributed by atoms with Crippen LogP contribution in [0.4, 0.5) is 0 Å². The maximum Gasteiger partial charge on any atom is 0.213 e.